The lowest BCUT2D eigenvalue weighted by Crippen LogP contribution is -2.13. The summed E-state index contributed by atoms with van der Waals surface area (Å²) in [7, 11) is -3.69. The monoisotopic (exact) mass is 382 g/mol. The Morgan fingerprint density at radius 2 is 1.31 bits per heavy atom. The Balaban J connectivity index is 2.05. The molecular formula is C20H34N2O3S. The van der Waals surface area contributed by atoms with Crippen LogP contribution in [0.25, 0.3) is 0 Å². The van der Waals surface area contributed by atoms with Crippen molar-refractivity contribution >= 4 is 21.6 Å². The van der Waals surface area contributed by atoms with Crippen LogP contribution < -0.4 is 10.5 Å². The zero-order chi connectivity index (χ0) is 19.3. The summed E-state index contributed by atoms with van der Waals surface area (Å²) in [5, 5.41) is 7.83. The summed E-state index contributed by atoms with van der Waals surface area (Å²) in [6.45, 7) is 2.24. The third-order valence-electron chi connectivity index (χ3n) is 4.47. The molecule has 0 fully saturated rings. The smallest absolute Gasteiger partial charge is 0.238 e. The van der Waals surface area contributed by atoms with E-state index in [-0.39, 0.29) is 10.8 Å². The first-order valence-corrected chi connectivity index (χ1v) is 11.4. The van der Waals surface area contributed by atoms with E-state index in [9.17, 15) is 13.2 Å². The number of primary sulfonamides is 1. The molecule has 1 rings (SSSR count). The Kier molecular flexibility index (Phi) is 11.2. The van der Waals surface area contributed by atoms with Gasteiger partial charge < -0.3 is 5.32 Å². The molecule has 0 unspecified atom stereocenters. The second-order valence-corrected chi connectivity index (χ2v) is 8.46. The van der Waals surface area contributed by atoms with Gasteiger partial charge in [-0.05, 0) is 30.7 Å². The molecule has 148 valence electrons. The van der Waals surface area contributed by atoms with Crippen molar-refractivity contribution in [2.75, 3.05) is 5.32 Å². The Morgan fingerprint density at radius 1 is 0.846 bits per heavy atom. The van der Waals surface area contributed by atoms with Gasteiger partial charge in [0.2, 0.25) is 15.9 Å². The summed E-state index contributed by atoms with van der Waals surface area (Å²) in [4.78, 5) is 11.9. The van der Waals surface area contributed by atoms with Gasteiger partial charge in [0, 0.05) is 12.1 Å². The van der Waals surface area contributed by atoms with Crippen molar-refractivity contribution in [3.05, 3.63) is 24.3 Å². The highest BCUT2D eigenvalue weighted by molar-refractivity contribution is 7.89. The van der Waals surface area contributed by atoms with Gasteiger partial charge in [-0.15, -0.1) is 0 Å². The number of nitrogens with two attached hydrogens (primary N) is 1. The van der Waals surface area contributed by atoms with Crippen LogP contribution in [0.1, 0.15) is 84.0 Å². The molecule has 6 heteroatoms. The van der Waals surface area contributed by atoms with Gasteiger partial charge in [0.05, 0.1) is 4.90 Å². The van der Waals surface area contributed by atoms with E-state index in [1.165, 1.54) is 69.9 Å². The fourth-order valence-corrected chi connectivity index (χ4v) is 3.42. The number of amides is 1. The fraction of sp³-hybridized carbons (Fsp3) is 0.650. The number of carbonyl (C=O) groups excluding carboxylic acids is 1. The molecule has 1 aromatic rings. The average Bonchev–Trinajstić information content (AvgIpc) is 2.59. The summed E-state index contributed by atoms with van der Waals surface area (Å²) < 4.78 is 22.4. The van der Waals surface area contributed by atoms with Crippen molar-refractivity contribution in [1.82, 2.24) is 0 Å². The van der Waals surface area contributed by atoms with Crippen LogP contribution in [0.3, 0.4) is 0 Å². The number of hydrogen-bond donors (Lipinski definition) is 2. The third kappa shape index (κ3) is 10.6. The van der Waals surface area contributed by atoms with Gasteiger partial charge in [-0.3, -0.25) is 4.79 Å². The molecule has 0 aliphatic rings. The number of anilines is 1. The number of rotatable bonds is 14. The highest BCUT2D eigenvalue weighted by Gasteiger charge is 2.08. The minimum absolute atomic E-state index is 0.0377. The van der Waals surface area contributed by atoms with Crippen molar-refractivity contribution in [1.29, 1.82) is 0 Å². The van der Waals surface area contributed by atoms with Gasteiger partial charge in [0.15, 0.2) is 0 Å². The van der Waals surface area contributed by atoms with Crippen LogP contribution in [0.15, 0.2) is 29.2 Å². The average molecular weight is 383 g/mol. The Morgan fingerprint density at radius 3 is 1.77 bits per heavy atom. The fourth-order valence-electron chi connectivity index (χ4n) is 2.90. The van der Waals surface area contributed by atoms with Gasteiger partial charge in [-0.1, -0.05) is 71.1 Å². The molecule has 0 aromatic heterocycles. The van der Waals surface area contributed by atoms with Gasteiger partial charge in [0.1, 0.15) is 0 Å². The van der Waals surface area contributed by atoms with Crippen LogP contribution in [0, 0.1) is 0 Å². The van der Waals surface area contributed by atoms with Crippen LogP contribution in [0.5, 0.6) is 0 Å². The second-order valence-electron chi connectivity index (χ2n) is 6.90. The molecule has 0 atom stereocenters. The van der Waals surface area contributed by atoms with Crippen molar-refractivity contribution in [3.63, 3.8) is 0 Å². The quantitative estimate of drug-likeness (QED) is 0.445. The lowest BCUT2D eigenvalue weighted by atomic mass is 10.1. The minimum Gasteiger partial charge on any atom is -0.326 e. The normalized spacial score (nSPS) is 11.5. The van der Waals surface area contributed by atoms with Crippen LogP contribution in [-0.4, -0.2) is 14.3 Å². The van der Waals surface area contributed by atoms with E-state index in [0.29, 0.717) is 12.1 Å². The number of sulfonamides is 1. The van der Waals surface area contributed by atoms with Gasteiger partial charge >= 0.3 is 0 Å². The molecule has 0 heterocycles. The maximum absolute atomic E-state index is 11.9. The molecule has 1 amide bonds. The molecule has 3 N–H and O–H groups in total. The predicted molar refractivity (Wildman–Crippen MR) is 108 cm³/mol. The Labute approximate surface area is 158 Å². The molecule has 0 saturated heterocycles. The summed E-state index contributed by atoms with van der Waals surface area (Å²) in [5.41, 5.74) is 0.588. The first-order valence-electron chi connectivity index (χ1n) is 9.86. The number of unbranched alkanes of at least 4 members (excludes halogenated alkanes) is 10. The van der Waals surface area contributed by atoms with Gasteiger partial charge in [0.25, 0.3) is 0 Å². The molecule has 0 aliphatic heterocycles. The predicted octanol–water partition coefficient (Wildman–Crippen LogP) is 4.97. The van der Waals surface area contributed by atoms with E-state index in [4.69, 9.17) is 5.14 Å². The number of nitrogens with one attached hydrogen (secondary N) is 1. The molecule has 0 bridgehead atoms. The zero-order valence-electron chi connectivity index (χ0n) is 16.0. The highest BCUT2D eigenvalue weighted by Crippen LogP contribution is 2.14. The SMILES string of the molecule is CCCCCCCCCCCCCC(=O)Nc1ccc(S(N)(=O)=O)cc1. The Hall–Kier alpha value is -1.40. The molecule has 5 nitrogen and oxygen atoms in total. The first kappa shape index (κ1) is 22.6. The standard InChI is InChI=1S/C20H34N2O3S/c1-2-3-4-5-6-7-8-9-10-11-12-13-20(23)22-18-14-16-19(17-15-18)26(21,24)25/h14-17H,2-13H2,1H3,(H,22,23)(H2,21,24,25). The van der Waals surface area contributed by atoms with Crippen molar-refractivity contribution in [2.24, 2.45) is 5.14 Å². The maximum atomic E-state index is 11.9. The van der Waals surface area contributed by atoms with E-state index in [1.54, 1.807) is 12.1 Å². The topological polar surface area (TPSA) is 89.3 Å². The summed E-state index contributed by atoms with van der Waals surface area (Å²) >= 11 is 0. The third-order valence-corrected chi connectivity index (χ3v) is 5.40. The van der Waals surface area contributed by atoms with E-state index in [1.807, 2.05) is 0 Å². The van der Waals surface area contributed by atoms with Crippen LogP contribution in [-0.2, 0) is 14.8 Å². The first-order chi connectivity index (χ1) is 12.4. The van der Waals surface area contributed by atoms with Gasteiger partial charge in [-0.2, -0.15) is 0 Å². The molecule has 0 radical (unpaired) electrons. The van der Waals surface area contributed by atoms with Crippen LogP contribution >= 0.6 is 0 Å². The number of carbonyl (C=O) groups is 1. The lowest BCUT2D eigenvalue weighted by Gasteiger charge is -2.06. The number of hydrogen-bond acceptors (Lipinski definition) is 3. The van der Waals surface area contributed by atoms with E-state index in [2.05, 4.69) is 12.2 Å². The van der Waals surface area contributed by atoms with Crippen molar-refractivity contribution in [3.8, 4) is 0 Å². The maximum Gasteiger partial charge on any atom is 0.238 e. The molecule has 0 spiro atoms. The van der Waals surface area contributed by atoms with Crippen LogP contribution in [0.2, 0.25) is 0 Å². The summed E-state index contributed by atoms with van der Waals surface area (Å²) in [5.74, 6) is -0.0377. The zero-order valence-corrected chi connectivity index (χ0v) is 16.8. The Bertz CT molecular complexity index is 612. The highest BCUT2D eigenvalue weighted by atomic mass is 32.2. The minimum atomic E-state index is -3.69. The molecular weight excluding hydrogens is 348 g/mol. The number of benzene rings is 1. The van der Waals surface area contributed by atoms with E-state index in [0.717, 1.165) is 12.8 Å². The van der Waals surface area contributed by atoms with Crippen molar-refractivity contribution in [2.45, 2.75) is 88.9 Å². The van der Waals surface area contributed by atoms with Crippen molar-refractivity contribution < 1.29 is 13.2 Å². The van der Waals surface area contributed by atoms with E-state index >= 15 is 0 Å². The molecule has 1 aromatic carbocycles. The van der Waals surface area contributed by atoms with Gasteiger partial charge in [-0.25, -0.2) is 13.6 Å². The lowest BCUT2D eigenvalue weighted by molar-refractivity contribution is -0.116. The van der Waals surface area contributed by atoms with E-state index < -0.39 is 10.0 Å². The molecule has 0 aliphatic carbocycles. The summed E-state index contributed by atoms with van der Waals surface area (Å²) in [6.07, 6.45) is 14.3. The largest absolute Gasteiger partial charge is 0.326 e. The van der Waals surface area contributed by atoms with Crippen LogP contribution in [0.4, 0.5) is 5.69 Å². The molecule has 0 saturated carbocycles. The second kappa shape index (κ2) is 12.9. The summed E-state index contributed by atoms with van der Waals surface area (Å²) in [6, 6.07) is 5.90. The molecule has 26 heavy (non-hydrogen) atoms.